The molecule has 1 saturated heterocycles. The molecule has 1 N–H and O–H groups in total. The number of hydrogen-bond acceptors (Lipinski definition) is 3. The van der Waals surface area contributed by atoms with Crippen LogP contribution in [0.1, 0.15) is 44.9 Å². The number of methoxy groups -OCH3 is 1. The van der Waals surface area contributed by atoms with Gasteiger partial charge >= 0.3 is 0 Å². The minimum atomic E-state index is 0.457. The summed E-state index contributed by atoms with van der Waals surface area (Å²) in [6, 6.07) is 2.26. The van der Waals surface area contributed by atoms with Gasteiger partial charge in [0.1, 0.15) is 0 Å². The second-order valence-electron chi connectivity index (χ2n) is 6.04. The van der Waals surface area contributed by atoms with Crippen molar-refractivity contribution in [3.63, 3.8) is 0 Å². The van der Waals surface area contributed by atoms with Crippen LogP contribution in [-0.2, 0) is 4.74 Å². The van der Waals surface area contributed by atoms with E-state index in [9.17, 15) is 0 Å². The van der Waals surface area contributed by atoms with E-state index in [2.05, 4.69) is 10.2 Å². The van der Waals surface area contributed by atoms with Gasteiger partial charge in [-0.05, 0) is 32.1 Å². The first-order valence-electron chi connectivity index (χ1n) is 7.39. The molecule has 3 atom stereocenters. The summed E-state index contributed by atoms with van der Waals surface area (Å²) in [5, 5.41) is 3.86. The number of rotatable bonds is 4. The van der Waals surface area contributed by atoms with Gasteiger partial charge in [-0.15, -0.1) is 0 Å². The molecule has 2 saturated carbocycles. The first kappa shape index (κ1) is 11.9. The van der Waals surface area contributed by atoms with Crippen LogP contribution in [0, 0.1) is 0 Å². The molecule has 3 aliphatic rings. The molecule has 0 radical (unpaired) electrons. The molecule has 3 nitrogen and oxygen atoms in total. The quantitative estimate of drug-likeness (QED) is 0.808. The largest absolute Gasteiger partial charge is 0.380 e. The Bertz CT molecular complexity index is 255. The minimum Gasteiger partial charge on any atom is -0.380 e. The van der Waals surface area contributed by atoms with Crippen molar-refractivity contribution in [2.24, 2.45) is 0 Å². The van der Waals surface area contributed by atoms with E-state index in [1.54, 1.807) is 0 Å². The van der Waals surface area contributed by atoms with Gasteiger partial charge in [-0.2, -0.15) is 0 Å². The fourth-order valence-electron chi connectivity index (χ4n) is 3.57. The second kappa shape index (κ2) is 5.25. The van der Waals surface area contributed by atoms with E-state index in [4.69, 9.17) is 4.74 Å². The highest BCUT2D eigenvalue weighted by molar-refractivity contribution is 4.94. The van der Waals surface area contributed by atoms with E-state index in [-0.39, 0.29) is 0 Å². The zero-order valence-electron chi connectivity index (χ0n) is 11.0. The van der Waals surface area contributed by atoms with E-state index < -0.39 is 0 Å². The molecule has 3 unspecified atom stereocenters. The summed E-state index contributed by atoms with van der Waals surface area (Å²) in [7, 11) is 1.87. The van der Waals surface area contributed by atoms with Crippen molar-refractivity contribution in [1.29, 1.82) is 0 Å². The Balaban J connectivity index is 1.48. The molecule has 0 aromatic heterocycles. The fraction of sp³-hybridized carbons (Fsp3) is 1.00. The molecule has 0 bridgehead atoms. The van der Waals surface area contributed by atoms with Crippen molar-refractivity contribution in [1.82, 2.24) is 10.2 Å². The van der Waals surface area contributed by atoms with Gasteiger partial charge in [-0.1, -0.05) is 12.8 Å². The average Bonchev–Trinajstić information content (AvgIpc) is 3.11. The second-order valence-corrected chi connectivity index (χ2v) is 6.04. The Hall–Kier alpha value is -0.120. The summed E-state index contributed by atoms with van der Waals surface area (Å²) in [6.45, 7) is 2.59. The lowest BCUT2D eigenvalue weighted by atomic mass is 9.92. The lowest BCUT2D eigenvalue weighted by Gasteiger charge is -2.33. The van der Waals surface area contributed by atoms with Gasteiger partial charge in [-0.3, -0.25) is 4.90 Å². The third kappa shape index (κ3) is 2.83. The molecule has 1 aliphatic heterocycles. The van der Waals surface area contributed by atoms with Gasteiger partial charge in [0.15, 0.2) is 0 Å². The first-order valence-corrected chi connectivity index (χ1v) is 7.39. The molecule has 1 heterocycles. The van der Waals surface area contributed by atoms with Crippen LogP contribution in [0.3, 0.4) is 0 Å². The number of likely N-dealkylation sites (tertiary alicyclic amines) is 1. The van der Waals surface area contributed by atoms with Crippen LogP contribution in [-0.4, -0.2) is 49.3 Å². The molecule has 2 aliphatic carbocycles. The molecule has 0 aromatic carbocycles. The van der Waals surface area contributed by atoms with Crippen molar-refractivity contribution < 1.29 is 4.74 Å². The molecular weight excluding hydrogens is 212 g/mol. The highest BCUT2D eigenvalue weighted by atomic mass is 16.5. The SMILES string of the molecule is COC1CCCCC1NC1CCN(C2CC2)C1. The van der Waals surface area contributed by atoms with Crippen molar-refractivity contribution in [2.45, 2.75) is 69.2 Å². The van der Waals surface area contributed by atoms with Gasteiger partial charge in [0.25, 0.3) is 0 Å². The van der Waals surface area contributed by atoms with Gasteiger partial charge in [0, 0.05) is 38.3 Å². The zero-order chi connectivity index (χ0) is 11.7. The van der Waals surface area contributed by atoms with E-state index in [1.165, 1.54) is 58.0 Å². The Labute approximate surface area is 105 Å². The predicted octanol–water partition coefficient (Wildman–Crippen LogP) is 1.77. The average molecular weight is 238 g/mol. The molecule has 3 heteroatoms. The maximum Gasteiger partial charge on any atom is 0.0724 e. The Morgan fingerprint density at radius 2 is 1.88 bits per heavy atom. The maximum atomic E-state index is 5.62. The van der Waals surface area contributed by atoms with Crippen LogP contribution in [0.4, 0.5) is 0 Å². The molecule has 0 amide bonds. The molecule has 3 fully saturated rings. The normalized spacial score (nSPS) is 39.7. The molecule has 98 valence electrons. The molecule has 3 rings (SSSR count). The van der Waals surface area contributed by atoms with Crippen molar-refractivity contribution >= 4 is 0 Å². The molecule has 0 spiro atoms. The van der Waals surface area contributed by atoms with Gasteiger partial charge < -0.3 is 10.1 Å². The van der Waals surface area contributed by atoms with E-state index in [1.807, 2.05) is 7.11 Å². The van der Waals surface area contributed by atoms with Crippen molar-refractivity contribution in [3.05, 3.63) is 0 Å². The maximum absolute atomic E-state index is 5.62. The van der Waals surface area contributed by atoms with Crippen LogP contribution < -0.4 is 5.32 Å². The Morgan fingerprint density at radius 1 is 1.06 bits per heavy atom. The fourth-order valence-corrected chi connectivity index (χ4v) is 3.57. The third-order valence-corrected chi connectivity index (χ3v) is 4.74. The summed E-state index contributed by atoms with van der Waals surface area (Å²) in [4.78, 5) is 2.68. The lowest BCUT2D eigenvalue weighted by molar-refractivity contribution is 0.0380. The minimum absolute atomic E-state index is 0.457. The lowest BCUT2D eigenvalue weighted by Crippen LogP contribution is -2.48. The number of hydrogen-bond donors (Lipinski definition) is 1. The third-order valence-electron chi connectivity index (χ3n) is 4.74. The topological polar surface area (TPSA) is 24.5 Å². The van der Waals surface area contributed by atoms with Crippen molar-refractivity contribution in [3.8, 4) is 0 Å². The number of nitrogens with one attached hydrogen (secondary N) is 1. The highest BCUT2D eigenvalue weighted by Gasteiger charge is 2.36. The molecular formula is C14H26N2O. The van der Waals surface area contributed by atoms with Gasteiger partial charge in [-0.25, -0.2) is 0 Å². The highest BCUT2D eigenvalue weighted by Crippen LogP contribution is 2.30. The first-order chi connectivity index (χ1) is 8.36. The summed E-state index contributed by atoms with van der Waals surface area (Å²) < 4.78 is 5.62. The summed E-state index contributed by atoms with van der Waals surface area (Å²) >= 11 is 0. The zero-order valence-corrected chi connectivity index (χ0v) is 11.0. The summed E-state index contributed by atoms with van der Waals surface area (Å²) in [5.74, 6) is 0. The Morgan fingerprint density at radius 3 is 2.65 bits per heavy atom. The van der Waals surface area contributed by atoms with Gasteiger partial charge in [0.2, 0.25) is 0 Å². The number of ether oxygens (including phenoxy) is 1. The standard InChI is InChI=1S/C14H26N2O/c1-17-14-5-3-2-4-13(14)15-11-8-9-16(10-11)12-6-7-12/h11-15H,2-10H2,1H3. The Kier molecular flexibility index (Phi) is 3.69. The molecule has 17 heavy (non-hydrogen) atoms. The van der Waals surface area contributed by atoms with Crippen LogP contribution in [0.5, 0.6) is 0 Å². The predicted molar refractivity (Wildman–Crippen MR) is 69.2 cm³/mol. The van der Waals surface area contributed by atoms with Crippen molar-refractivity contribution in [2.75, 3.05) is 20.2 Å². The smallest absolute Gasteiger partial charge is 0.0724 e. The van der Waals surface area contributed by atoms with Crippen LogP contribution >= 0.6 is 0 Å². The summed E-state index contributed by atoms with van der Waals surface area (Å²) in [5.41, 5.74) is 0. The summed E-state index contributed by atoms with van der Waals surface area (Å²) in [6.07, 6.45) is 9.94. The van der Waals surface area contributed by atoms with Crippen LogP contribution in [0.15, 0.2) is 0 Å². The van der Waals surface area contributed by atoms with Crippen LogP contribution in [0.25, 0.3) is 0 Å². The van der Waals surface area contributed by atoms with Gasteiger partial charge in [0.05, 0.1) is 6.10 Å². The number of nitrogens with zero attached hydrogens (tertiary/aromatic N) is 1. The van der Waals surface area contributed by atoms with E-state index in [0.29, 0.717) is 12.1 Å². The molecule has 0 aromatic rings. The monoisotopic (exact) mass is 238 g/mol. The van der Waals surface area contributed by atoms with E-state index >= 15 is 0 Å². The van der Waals surface area contributed by atoms with E-state index in [0.717, 1.165) is 12.1 Å². The van der Waals surface area contributed by atoms with Crippen LogP contribution in [0.2, 0.25) is 0 Å².